The molecule has 1 aliphatic carbocycles. The molecule has 0 spiro atoms. The van der Waals surface area contributed by atoms with Crippen LogP contribution in [-0.2, 0) is 0 Å². The second-order valence-electron chi connectivity index (χ2n) is 6.18. The Kier molecular flexibility index (Phi) is 6.52. The Hall–Kier alpha value is -1.06. The minimum atomic E-state index is 0.319. The Bertz CT molecular complexity index is 415. The second-order valence-corrected chi connectivity index (χ2v) is 6.18. The standard InChI is InChI=1S/C18H30N2O/c1-4-21-18-12-8-7-11-16(18)17(19-2)14-20(3)13-15-9-5-6-10-15/h7-8,11-12,15,17,19H,4-6,9-10,13-14H2,1-3H3. The average Bonchev–Trinajstić information content (AvgIpc) is 2.99. The number of likely N-dealkylation sites (N-methyl/N-ethyl adjacent to an activating group) is 2. The fourth-order valence-electron chi connectivity index (χ4n) is 3.42. The van der Waals surface area contributed by atoms with Crippen molar-refractivity contribution in [2.45, 2.75) is 38.6 Å². The van der Waals surface area contributed by atoms with Crippen molar-refractivity contribution in [3.63, 3.8) is 0 Å². The van der Waals surface area contributed by atoms with Gasteiger partial charge in [-0.25, -0.2) is 0 Å². The van der Waals surface area contributed by atoms with Crippen LogP contribution in [0.2, 0.25) is 0 Å². The third-order valence-electron chi connectivity index (χ3n) is 4.48. The van der Waals surface area contributed by atoms with Gasteiger partial charge in [-0.1, -0.05) is 31.0 Å². The number of para-hydroxylation sites is 1. The van der Waals surface area contributed by atoms with Crippen molar-refractivity contribution in [1.29, 1.82) is 0 Å². The second kappa shape index (κ2) is 8.40. The lowest BCUT2D eigenvalue weighted by atomic mass is 10.0. The first-order valence-electron chi connectivity index (χ1n) is 8.32. The molecule has 21 heavy (non-hydrogen) atoms. The van der Waals surface area contributed by atoms with E-state index in [0.717, 1.165) is 18.2 Å². The van der Waals surface area contributed by atoms with E-state index >= 15 is 0 Å². The highest BCUT2D eigenvalue weighted by Crippen LogP contribution is 2.28. The number of hydrogen-bond acceptors (Lipinski definition) is 3. The molecule has 1 aliphatic rings. The largest absolute Gasteiger partial charge is 0.494 e. The summed E-state index contributed by atoms with van der Waals surface area (Å²) in [7, 11) is 4.28. The lowest BCUT2D eigenvalue weighted by Gasteiger charge is -2.27. The Morgan fingerprint density at radius 1 is 1.29 bits per heavy atom. The monoisotopic (exact) mass is 290 g/mol. The van der Waals surface area contributed by atoms with Crippen molar-refractivity contribution >= 4 is 0 Å². The Labute approximate surface area is 129 Å². The first kappa shape index (κ1) is 16.3. The van der Waals surface area contributed by atoms with Crippen LogP contribution in [0.5, 0.6) is 5.75 Å². The topological polar surface area (TPSA) is 24.5 Å². The van der Waals surface area contributed by atoms with Crippen LogP contribution in [0.15, 0.2) is 24.3 Å². The summed E-state index contributed by atoms with van der Waals surface area (Å²) in [4.78, 5) is 2.47. The third-order valence-corrected chi connectivity index (χ3v) is 4.48. The van der Waals surface area contributed by atoms with Crippen LogP contribution < -0.4 is 10.1 Å². The number of nitrogens with zero attached hydrogens (tertiary/aromatic N) is 1. The van der Waals surface area contributed by atoms with Crippen LogP contribution in [0.4, 0.5) is 0 Å². The highest BCUT2D eigenvalue weighted by Gasteiger charge is 2.20. The van der Waals surface area contributed by atoms with Gasteiger partial charge in [0, 0.05) is 24.7 Å². The van der Waals surface area contributed by atoms with E-state index in [1.165, 1.54) is 37.8 Å². The zero-order chi connectivity index (χ0) is 15.1. The highest BCUT2D eigenvalue weighted by molar-refractivity contribution is 5.36. The molecule has 1 saturated carbocycles. The summed E-state index contributed by atoms with van der Waals surface area (Å²) in [5.41, 5.74) is 1.26. The molecule has 0 amide bonds. The number of hydrogen-bond donors (Lipinski definition) is 1. The Morgan fingerprint density at radius 2 is 2.00 bits per heavy atom. The van der Waals surface area contributed by atoms with Gasteiger partial charge in [-0.15, -0.1) is 0 Å². The van der Waals surface area contributed by atoms with Gasteiger partial charge in [0.2, 0.25) is 0 Å². The van der Waals surface area contributed by atoms with Crippen LogP contribution in [0.1, 0.15) is 44.2 Å². The number of ether oxygens (including phenoxy) is 1. The summed E-state index contributed by atoms with van der Waals surface area (Å²) in [5.74, 6) is 1.91. The third kappa shape index (κ3) is 4.72. The van der Waals surface area contributed by atoms with E-state index in [-0.39, 0.29) is 0 Å². The maximum absolute atomic E-state index is 5.78. The van der Waals surface area contributed by atoms with Gasteiger partial charge in [0.25, 0.3) is 0 Å². The molecule has 1 N–H and O–H groups in total. The van der Waals surface area contributed by atoms with Crippen molar-refractivity contribution in [2.24, 2.45) is 5.92 Å². The molecule has 1 aromatic rings. The predicted molar refractivity (Wildman–Crippen MR) is 88.9 cm³/mol. The molecule has 0 aromatic heterocycles. The summed E-state index contributed by atoms with van der Waals surface area (Å²) in [5, 5.41) is 3.45. The first-order chi connectivity index (χ1) is 10.2. The van der Waals surface area contributed by atoms with E-state index in [1.807, 2.05) is 20.0 Å². The van der Waals surface area contributed by atoms with E-state index in [9.17, 15) is 0 Å². The maximum atomic E-state index is 5.78. The van der Waals surface area contributed by atoms with Crippen molar-refractivity contribution in [3.05, 3.63) is 29.8 Å². The van der Waals surface area contributed by atoms with Gasteiger partial charge >= 0.3 is 0 Å². The van der Waals surface area contributed by atoms with Gasteiger partial charge in [-0.05, 0) is 45.8 Å². The zero-order valence-corrected chi connectivity index (χ0v) is 13.8. The molecule has 1 fully saturated rings. The molecule has 3 heteroatoms. The number of benzene rings is 1. The molecular formula is C18H30N2O. The normalized spacial score (nSPS) is 17.3. The van der Waals surface area contributed by atoms with Gasteiger partial charge < -0.3 is 15.0 Å². The van der Waals surface area contributed by atoms with Crippen molar-refractivity contribution in [3.8, 4) is 5.75 Å². The molecular weight excluding hydrogens is 260 g/mol. The lowest BCUT2D eigenvalue weighted by Crippen LogP contribution is -2.34. The van der Waals surface area contributed by atoms with E-state index in [4.69, 9.17) is 4.74 Å². The molecule has 0 radical (unpaired) electrons. The summed E-state index contributed by atoms with van der Waals surface area (Å²) < 4.78 is 5.78. The molecule has 2 rings (SSSR count). The summed E-state index contributed by atoms with van der Waals surface area (Å²) in [6, 6.07) is 8.71. The van der Waals surface area contributed by atoms with E-state index in [2.05, 4.69) is 35.5 Å². The number of nitrogens with one attached hydrogen (secondary N) is 1. The smallest absolute Gasteiger partial charge is 0.124 e. The first-order valence-corrected chi connectivity index (χ1v) is 8.32. The Morgan fingerprint density at radius 3 is 2.67 bits per heavy atom. The molecule has 118 valence electrons. The Balaban J connectivity index is 1.98. The maximum Gasteiger partial charge on any atom is 0.124 e. The minimum absolute atomic E-state index is 0.319. The van der Waals surface area contributed by atoms with Crippen molar-refractivity contribution in [2.75, 3.05) is 33.8 Å². The molecule has 1 aromatic carbocycles. The molecule has 3 nitrogen and oxygen atoms in total. The van der Waals surface area contributed by atoms with Crippen LogP contribution >= 0.6 is 0 Å². The highest BCUT2D eigenvalue weighted by atomic mass is 16.5. The van der Waals surface area contributed by atoms with Gasteiger partial charge in [-0.2, -0.15) is 0 Å². The van der Waals surface area contributed by atoms with Gasteiger partial charge in [0.15, 0.2) is 0 Å². The van der Waals surface area contributed by atoms with Gasteiger partial charge in [0.1, 0.15) is 5.75 Å². The summed E-state index contributed by atoms with van der Waals surface area (Å²) >= 11 is 0. The van der Waals surface area contributed by atoms with E-state index in [0.29, 0.717) is 12.6 Å². The SMILES string of the molecule is CCOc1ccccc1C(CN(C)CC1CCCC1)NC. The van der Waals surface area contributed by atoms with Crippen LogP contribution in [-0.4, -0.2) is 38.7 Å². The fourth-order valence-corrected chi connectivity index (χ4v) is 3.42. The molecule has 0 bridgehead atoms. The van der Waals surface area contributed by atoms with Crippen molar-refractivity contribution in [1.82, 2.24) is 10.2 Å². The molecule has 1 unspecified atom stereocenters. The fraction of sp³-hybridized carbons (Fsp3) is 0.667. The van der Waals surface area contributed by atoms with E-state index < -0.39 is 0 Å². The summed E-state index contributed by atoms with van der Waals surface area (Å²) in [6.45, 7) is 4.99. The predicted octanol–water partition coefficient (Wildman–Crippen LogP) is 3.47. The molecule has 0 saturated heterocycles. The lowest BCUT2D eigenvalue weighted by molar-refractivity contribution is 0.249. The van der Waals surface area contributed by atoms with Gasteiger partial charge in [0.05, 0.1) is 6.61 Å². The van der Waals surface area contributed by atoms with Gasteiger partial charge in [-0.3, -0.25) is 0 Å². The zero-order valence-electron chi connectivity index (χ0n) is 13.8. The molecule has 1 atom stereocenters. The number of rotatable bonds is 8. The van der Waals surface area contributed by atoms with Crippen LogP contribution in [0.3, 0.4) is 0 Å². The molecule has 0 heterocycles. The molecule has 0 aliphatic heterocycles. The minimum Gasteiger partial charge on any atom is -0.494 e. The van der Waals surface area contributed by atoms with Crippen LogP contribution in [0.25, 0.3) is 0 Å². The van der Waals surface area contributed by atoms with E-state index in [1.54, 1.807) is 0 Å². The van der Waals surface area contributed by atoms with Crippen molar-refractivity contribution < 1.29 is 4.74 Å². The summed E-state index contributed by atoms with van der Waals surface area (Å²) in [6.07, 6.45) is 5.65. The quantitative estimate of drug-likeness (QED) is 0.793. The van der Waals surface area contributed by atoms with Crippen LogP contribution in [0, 0.1) is 5.92 Å². The average molecular weight is 290 g/mol.